The normalized spacial score (nSPS) is 12.3. The molecule has 0 N–H and O–H groups in total. The minimum absolute atomic E-state index is 0.128. The van der Waals surface area contributed by atoms with Crippen molar-refractivity contribution in [2.75, 3.05) is 0 Å². The average Bonchev–Trinajstić information content (AvgIpc) is 2.79. The molecule has 9 heteroatoms. The van der Waals surface area contributed by atoms with Crippen molar-refractivity contribution in [2.45, 2.75) is 16.3 Å². The van der Waals surface area contributed by atoms with Gasteiger partial charge in [-0.05, 0) is 42.5 Å². The number of fused-ring (bicyclic) bond motifs is 1. The third-order valence-electron chi connectivity index (χ3n) is 4.73. The van der Waals surface area contributed by atoms with Crippen LogP contribution in [0, 0.1) is 5.82 Å². The van der Waals surface area contributed by atoms with Crippen molar-refractivity contribution in [1.82, 2.24) is 8.69 Å². The van der Waals surface area contributed by atoms with Crippen LogP contribution in [0.1, 0.15) is 5.56 Å². The Morgan fingerprint density at radius 3 is 1.81 bits per heavy atom. The number of nitrogens with zero attached hydrogens (tertiary/aromatic N) is 2. The molecule has 0 aliphatic carbocycles. The Bertz CT molecular complexity index is 1370. The Hall–Kier alpha value is -3.14. The SMILES string of the molecule is O=S(=O)(c1ccccc1)N(Cc1c(F)ccc2cccnc12)S(=O)(=O)c1ccccc1. The molecule has 158 valence electrons. The van der Waals surface area contributed by atoms with Crippen LogP contribution in [0.15, 0.2) is 101 Å². The summed E-state index contributed by atoms with van der Waals surface area (Å²) < 4.78 is 68.8. The fraction of sp³-hybridized carbons (Fsp3) is 0.0455. The zero-order valence-electron chi connectivity index (χ0n) is 16.1. The van der Waals surface area contributed by atoms with E-state index >= 15 is 0 Å². The average molecular weight is 457 g/mol. The van der Waals surface area contributed by atoms with Gasteiger partial charge in [0.05, 0.1) is 21.9 Å². The maximum Gasteiger partial charge on any atom is 0.256 e. The topological polar surface area (TPSA) is 84.4 Å². The van der Waals surface area contributed by atoms with Gasteiger partial charge in [-0.3, -0.25) is 4.98 Å². The Kier molecular flexibility index (Phi) is 5.57. The molecule has 0 unspecified atom stereocenters. The second-order valence-corrected chi connectivity index (χ2v) is 10.6. The summed E-state index contributed by atoms with van der Waals surface area (Å²) in [7, 11) is -9.08. The molecule has 0 saturated heterocycles. The summed E-state index contributed by atoms with van der Waals surface area (Å²) in [4.78, 5) is 3.71. The summed E-state index contributed by atoms with van der Waals surface area (Å²) in [6.45, 7) is -0.741. The highest BCUT2D eigenvalue weighted by molar-refractivity contribution is 8.04. The van der Waals surface area contributed by atoms with Crippen molar-refractivity contribution < 1.29 is 21.2 Å². The molecule has 6 nitrogen and oxygen atoms in total. The number of hydrogen-bond acceptors (Lipinski definition) is 5. The number of halogens is 1. The van der Waals surface area contributed by atoms with Gasteiger partial charge in [0, 0.05) is 17.1 Å². The molecule has 0 fully saturated rings. The lowest BCUT2D eigenvalue weighted by molar-refractivity contribution is 0.488. The maximum atomic E-state index is 14.8. The summed E-state index contributed by atoms with van der Waals surface area (Å²) >= 11 is 0. The third-order valence-corrected chi connectivity index (χ3v) is 8.97. The predicted octanol–water partition coefficient (Wildman–Crippen LogP) is 3.95. The molecule has 0 radical (unpaired) electrons. The van der Waals surface area contributed by atoms with E-state index in [-0.39, 0.29) is 20.9 Å². The van der Waals surface area contributed by atoms with Gasteiger partial charge in [-0.25, -0.2) is 21.2 Å². The van der Waals surface area contributed by atoms with Crippen molar-refractivity contribution in [3.8, 4) is 0 Å². The first-order valence-electron chi connectivity index (χ1n) is 9.22. The Balaban J connectivity index is 1.94. The molecule has 0 aliphatic heterocycles. The van der Waals surface area contributed by atoms with E-state index in [1.807, 2.05) is 0 Å². The zero-order chi connectivity index (χ0) is 22.1. The third kappa shape index (κ3) is 3.95. The molecule has 31 heavy (non-hydrogen) atoms. The minimum Gasteiger partial charge on any atom is -0.256 e. The molecule has 0 amide bonds. The van der Waals surface area contributed by atoms with Gasteiger partial charge in [-0.1, -0.05) is 46.2 Å². The molecule has 0 bridgehead atoms. The van der Waals surface area contributed by atoms with Crippen LogP contribution < -0.4 is 0 Å². The standard InChI is InChI=1S/C22H17FN2O4S2/c23-21-14-13-17-8-7-15-24-22(17)20(21)16-25(30(26,27)18-9-3-1-4-10-18)31(28,29)19-11-5-2-6-12-19/h1-15H,16H2. The molecule has 4 rings (SSSR count). The Labute approximate surface area is 179 Å². The second-order valence-electron chi connectivity index (χ2n) is 6.67. The molecule has 0 saturated carbocycles. The van der Waals surface area contributed by atoms with E-state index in [0.29, 0.717) is 9.10 Å². The van der Waals surface area contributed by atoms with Crippen LogP contribution in [0.2, 0.25) is 0 Å². The van der Waals surface area contributed by atoms with E-state index in [4.69, 9.17) is 0 Å². The monoisotopic (exact) mass is 456 g/mol. The first-order valence-corrected chi connectivity index (χ1v) is 12.1. The number of sulfonamides is 2. The van der Waals surface area contributed by atoms with Gasteiger partial charge in [0.15, 0.2) is 0 Å². The van der Waals surface area contributed by atoms with Gasteiger partial charge in [0.25, 0.3) is 20.0 Å². The van der Waals surface area contributed by atoms with Crippen LogP contribution in [-0.4, -0.2) is 25.5 Å². The van der Waals surface area contributed by atoms with Crippen LogP contribution in [0.4, 0.5) is 4.39 Å². The summed E-state index contributed by atoms with van der Waals surface area (Å²) in [5, 5.41) is 0.563. The zero-order valence-corrected chi connectivity index (χ0v) is 17.7. The van der Waals surface area contributed by atoms with Gasteiger partial charge in [0.1, 0.15) is 5.82 Å². The lowest BCUT2D eigenvalue weighted by Crippen LogP contribution is -2.36. The maximum absolute atomic E-state index is 14.8. The van der Waals surface area contributed by atoms with Crippen molar-refractivity contribution >= 4 is 30.9 Å². The van der Waals surface area contributed by atoms with Crippen LogP contribution in [0.3, 0.4) is 0 Å². The van der Waals surface area contributed by atoms with Gasteiger partial charge in [0.2, 0.25) is 0 Å². The fourth-order valence-electron chi connectivity index (χ4n) is 3.18. The molecule has 4 aromatic rings. The molecular weight excluding hydrogens is 439 g/mol. The summed E-state index contributed by atoms with van der Waals surface area (Å²) in [6.07, 6.45) is 1.44. The first-order chi connectivity index (χ1) is 14.8. The molecule has 0 aliphatic rings. The summed E-state index contributed by atoms with van der Waals surface area (Å²) in [6, 6.07) is 20.4. The molecular formula is C22H17FN2O4S2. The molecule has 0 atom stereocenters. The van der Waals surface area contributed by atoms with Gasteiger partial charge in [-0.2, -0.15) is 0 Å². The van der Waals surface area contributed by atoms with Crippen LogP contribution in [0.25, 0.3) is 10.9 Å². The molecule has 1 aromatic heterocycles. The molecule has 3 aromatic carbocycles. The van der Waals surface area contributed by atoms with Crippen molar-refractivity contribution in [3.63, 3.8) is 0 Å². The highest BCUT2D eigenvalue weighted by atomic mass is 32.3. The van der Waals surface area contributed by atoms with Crippen molar-refractivity contribution in [1.29, 1.82) is 0 Å². The van der Waals surface area contributed by atoms with Crippen LogP contribution in [-0.2, 0) is 26.6 Å². The van der Waals surface area contributed by atoms with Gasteiger partial charge >= 0.3 is 0 Å². The van der Waals surface area contributed by atoms with E-state index in [0.717, 1.165) is 0 Å². The molecule has 1 heterocycles. The quantitative estimate of drug-likeness (QED) is 0.439. The largest absolute Gasteiger partial charge is 0.256 e. The smallest absolute Gasteiger partial charge is 0.256 e. The summed E-state index contributed by atoms with van der Waals surface area (Å²) in [5.74, 6) is -0.747. The Morgan fingerprint density at radius 2 is 1.26 bits per heavy atom. The van der Waals surface area contributed by atoms with Gasteiger partial charge in [-0.15, -0.1) is 0 Å². The minimum atomic E-state index is -4.54. The van der Waals surface area contributed by atoms with E-state index in [1.54, 1.807) is 24.3 Å². The second kappa shape index (κ2) is 8.18. The van der Waals surface area contributed by atoms with E-state index in [9.17, 15) is 21.2 Å². The molecule has 0 spiro atoms. The number of aromatic nitrogens is 1. The lowest BCUT2D eigenvalue weighted by Gasteiger charge is -2.23. The summed E-state index contributed by atoms with van der Waals surface area (Å²) in [5.41, 5.74) is 0.0659. The van der Waals surface area contributed by atoms with Gasteiger partial charge < -0.3 is 0 Å². The number of pyridine rings is 1. The van der Waals surface area contributed by atoms with Crippen molar-refractivity contribution in [2.24, 2.45) is 0 Å². The highest BCUT2D eigenvalue weighted by Crippen LogP contribution is 2.29. The number of benzene rings is 3. The number of hydrogen-bond donors (Lipinski definition) is 0. The highest BCUT2D eigenvalue weighted by Gasteiger charge is 2.37. The van der Waals surface area contributed by atoms with E-state index in [2.05, 4.69) is 4.98 Å². The lowest BCUT2D eigenvalue weighted by atomic mass is 10.1. The first kappa shape index (κ1) is 21.1. The predicted molar refractivity (Wildman–Crippen MR) is 114 cm³/mol. The van der Waals surface area contributed by atoms with Crippen LogP contribution in [0.5, 0.6) is 0 Å². The van der Waals surface area contributed by atoms with E-state index < -0.39 is 32.4 Å². The Morgan fingerprint density at radius 1 is 0.710 bits per heavy atom. The van der Waals surface area contributed by atoms with Crippen molar-refractivity contribution in [3.05, 3.63) is 103 Å². The van der Waals surface area contributed by atoms with E-state index in [1.165, 1.54) is 66.9 Å². The fourth-order valence-corrected chi connectivity index (χ4v) is 6.80. The van der Waals surface area contributed by atoms with Crippen LogP contribution >= 0.6 is 0 Å². The number of rotatable bonds is 6.